The van der Waals surface area contributed by atoms with E-state index in [-0.39, 0.29) is 0 Å². The quantitative estimate of drug-likeness (QED) is 0.521. The predicted molar refractivity (Wildman–Crippen MR) is 36.6 cm³/mol. The van der Waals surface area contributed by atoms with Gasteiger partial charge in [-0.1, -0.05) is 5.57 Å². The highest BCUT2D eigenvalue weighted by atomic mass is 31.1. The van der Waals surface area contributed by atoms with Crippen LogP contribution in [0.15, 0.2) is 10.9 Å². The Labute approximate surface area is 46.8 Å². The molecule has 0 aromatic heterocycles. The van der Waals surface area contributed by atoms with Gasteiger partial charge in [0.25, 0.3) is 0 Å². The van der Waals surface area contributed by atoms with Crippen LogP contribution in [0.5, 0.6) is 0 Å². The Bertz CT molecular complexity index is 82.1. The summed E-state index contributed by atoms with van der Waals surface area (Å²) in [6.07, 6.45) is 0. The maximum atomic E-state index is 5.34. The lowest BCUT2D eigenvalue weighted by atomic mass is 10.3. The molecule has 0 bridgehead atoms. The Balaban J connectivity index is 3.72. The Morgan fingerprint density at radius 1 is 1.29 bits per heavy atom. The van der Waals surface area contributed by atoms with Gasteiger partial charge in [0.05, 0.1) is 0 Å². The number of hydrogen-bond donors (Lipinski definition) is 1. The second-order valence-corrected chi connectivity index (χ2v) is 2.81. The van der Waals surface area contributed by atoms with Gasteiger partial charge in [0.15, 0.2) is 0 Å². The van der Waals surface area contributed by atoms with E-state index in [0.717, 1.165) is 0 Å². The van der Waals surface area contributed by atoms with Crippen molar-refractivity contribution in [1.82, 2.24) is 0 Å². The number of hydrogen-bond acceptors (Lipinski definition) is 1. The van der Waals surface area contributed by atoms with Crippen molar-refractivity contribution in [3.63, 3.8) is 0 Å². The molecule has 2 heteroatoms. The van der Waals surface area contributed by atoms with Crippen LogP contribution in [0.1, 0.15) is 20.8 Å². The Morgan fingerprint density at radius 3 is 1.71 bits per heavy atom. The molecule has 0 aromatic carbocycles. The van der Waals surface area contributed by atoms with Gasteiger partial charge < -0.3 is 5.50 Å². The van der Waals surface area contributed by atoms with Crippen molar-refractivity contribution in [2.75, 3.05) is 0 Å². The number of nitrogens with two attached hydrogens (primary N) is 1. The average Bonchev–Trinajstić information content (AvgIpc) is 1.65. The molecule has 0 aliphatic heterocycles. The summed E-state index contributed by atoms with van der Waals surface area (Å²) in [5, 5.41) is 1.32. The third-order valence-corrected chi connectivity index (χ3v) is 1.90. The van der Waals surface area contributed by atoms with Crippen LogP contribution in [-0.4, -0.2) is 0 Å². The summed E-state index contributed by atoms with van der Waals surface area (Å²) >= 11 is 0. The van der Waals surface area contributed by atoms with Crippen molar-refractivity contribution < 1.29 is 0 Å². The smallest absolute Gasteiger partial charge is 0.0295 e. The van der Waals surface area contributed by atoms with E-state index in [1.807, 2.05) is 0 Å². The van der Waals surface area contributed by atoms with E-state index in [1.165, 1.54) is 10.9 Å². The van der Waals surface area contributed by atoms with Crippen molar-refractivity contribution >= 4 is 8.73 Å². The molecule has 0 saturated carbocycles. The summed E-state index contributed by atoms with van der Waals surface area (Å²) < 4.78 is 0. The maximum Gasteiger partial charge on any atom is -0.0295 e. The van der Waals surface area contributed by atoms with Gasteiger partial charge in [-0.15, -0.1) is 0 Å². The van der Waals surface area contributed by atoms with E-state index in [9.17, 15) is 0 Å². The zero-order valence-electron chi connectivity index (χ0n) is 5.08. The third-order valence-electron chi connectivity index (χ3n) is 0.967. The minimum absolute atomic E-state index is 0.492. The van der Waals surface area contributed by atoms with Gasteiger partial charge in [-0.3, -0.25) is 0 Å². The van der Waals surface area contributed by atoms with Crippen LogP contribution in [0.3, 0.4) is 0 Å². The molecule has 0 aliphatic rings. The van der Waals surface area contributed by atoms with E-state index in [4.69, 9.17) is 5.50 Å². The summed E-state index contributed by atoms with van der Waals surface area (Å²) in [7, 11) is 0.492. The van der Waals surface area contributed by atoms with Gasteiger partial charge in [0.2, 0.25) is 0 Å². The fraction of sp³-hybridized carbons (Fsp3) is 0.600. The predicted octanol–water partition coefficient (Wildman–Crippen LogP) is 1.85. The molecule has 0 rings (SSSR count). The van der Waals surface area contributed by atoms with Gasteiger partial charge in [0.1, 0.15) is 0 Å². The minimum Gasteiger partial charge on any atom is -0.309 e. The number of allylic oxidation sites excluding steroid dienone is 2. The van der Waals surface area contributed by atoms with Gasteiger partial charge in [-0.05, 0) is 34.8 Å². The standard InChI is InChI=1S/C5H12NP/c1-4(2)5(3)7-6/h7H,6H2,1-3H3. The first kappa shape index (κ1) is 7.13. The first-order chi connectivity index (χ1) is 3.18. The van der Waals surface area contributed by atoms with Crippen LogP contribution in [0.4, 0.5) is 0 Å². The molecule has 1 unspecified atom stereocenters. The van der Waals surface area contributed by atoms with Crippen molar-refractivity contribution in [2.24, 2.45) is 5.50 Å². The summed E-state index contributed by atoms with van der Waals surface area (Å²) in [5.41, 5.74) is 6.69. The summed E-state index contributed by atoms with van der Waals surface area (Å²) in [6, 6.07) is 0. The molecule has 0 aromatic rings. The summed E-state index contributed by atoms with van der Waals surface area (Å²) in [4.78, 5) is 0. The summed E-state index contributed by atoms with van der Waals surface area (Å²) in [6.45, 7) is 6.22. The maximum absolute atomic E-state index is 5.34. The largest absolute Gasteiger partial charge is 0.309 e. The van der Waals surface area contributed by atoms with E-state index >= 15 is 0 Å². The molecular formula is C5H12NP. The molecule has 0 fully saturated rings. The Morgan fingerprint density at radius 2 is 1.71 bits per heavy atom. The molecule has 7 heavy (non-hydrogen) atoms. The highest BCUT2D eigenvalue weighted by molar-refractivity contribution is 7.40. The summed E-state index contributed by atoms with van der Waals surface area (Å²) in [5.74, 6) is 0. The molecule has 0 spiro atoms. The lowest BCUT2D eigenvalue weighted by Gasteiger charge is -1.94. The lowest BCUT2D eigenvalue weighted by Crippen LogP contribution is -1.75. The minimum atomic E-state index is 0.492. The van der Waals surface area contributed by atoms with Crippen molar-refractivity contribution in [3.8, 4) is 0 Å². The first-order valence-corrected chi connectivity index (χ1v) is 3.37. The fourth-order valence-corrected chi connectivity index (χ4v) is 0.433. The van der Waals surface area contributed by atoms with Gasteiger partial charge in [-0.2, -0.15) is 0 Å². The van der Waals surface area contributed by atoms with Gasteiger partial charge in [0, 0.05) is 0 Å². The van der Waals surface area contributed by atoms with E-state index in [1.54, 1.807) is 0 Å². The van der Waals surface area contributed by atoms with E-state index in [0.29, 0.717) is 8.73 Å². The van der Waals surface area contributed by atoms with Crippen molar-refractivity contribution in [3.05, 3.63) is 10.9 Å². The average molecular weight is 117 g/mol. The highest BCUT2D eigenvalue weighted by Crippen LogP contribution is 2.16. The fourth-order valence-electron chi connectivity index (χ4n) is 0.144. The Hall–Kier alpha value is 0.130. The zero-order valence-corrected chi connectivity index (χ0v) is 6.08. The van der Waals surface area contributed by atoms with E-state index < -0.39 is 0 Å². The van der Waals surface area contributed by atoms with Crippen LogP contribution in [0.2, 0.25) is 0 Å². The molecule has 0 amide bonds. The molecule has 1 atom stereocenters. The molecule has 0 radical (unpaired) electrons. The van der Waals surface area contributed by atoms with Crippen LogP contribution in [0, 0.1) is 0 Å². The molecule has 0 heterocycles. The normalized spacial score (nSPS) is 10.3. The van der Waals surface area contributed by atoms with Gasteiger partial charge >= 0.3 is 0 Å². The Kier molecular flexibility index (Phi) is 3.23. The topological polar surface area (TPSA) is 26.0 Å². The van der Waals surface area contributed by atoms with Crippen molar-refractivity contribution in [1.29, 1.82) is 0 Å². The van der Waals surface area contributed by atoms with Gasteiger partial charge in [-0.25, -0.2) is 0 Å². The lowest BCUT2D eigenvalue weighted by molar-refractivity contribution is 1.34. The molecule has 2 N–H and O–H groups in total. The van der Waals surface area contributed by atoms with Crippen LogP contribution >= 0.6 is 8.73 Å². The third kappa shape index (κ3) is 2.78. The molecule has 0 aliphatic carbocycles. The monoisotopic (exact) mass is 117 g/mol. The van der Waals surface area contributed by atoms with E-state index in [2.05, 4.69) is 20.8 Å². The van der Waals surface area contributed by atoms with Crippen LogP contribution in [-0.2, 0) is 0 Å². The molecular weight excluding hydrogens is 105 g/mol. The zero-order chi connectivity index (χ0) is 5.86. The number of rotatable bonds is 1. The van der Waals surface area contributed by atoms with Crippen molar-refractivity contribution in [2.45, 2.75) is 20.8 Å². The second-order valence-electron chi connectivity index (χ2n) is 1.77. The van der Waals surface area contributed by atoms with Crippen LogP contribution < -0.4 is 5.50 Å². The SMILES string of the molecule is CC(C)=C(C)PN. The second kappa shape index (κ2) is 3.17. The first-order valence-electron chi connectivity index (χ1n) is 2.29. The van der Waals surface area contributed by atoms with Crippen LogP contribution in [0.25, 0.3) is 0 Å². The molecule has 1 nitrogen and oxygen atoms in total. The highest BCUT2D eigenvalue weighted by Gasteiger charge is 1.83. The molecule has 0 saturated heterocycles. The molecule has 42 valence electrons.